The molecule has 1 N–H and O–H groups in total. The lowest BCUT2D eigenvalue weighted by atomic mass is 9.97. The molecule has 1 aromatic rings. The maximum absolute atomic E-state index is 5.18. The largest absolute Gasteiger partial charge is 0.380 e. The average molecular weight is 288 g/mol. The minimum atomic E-state index is 0.710. The first-order valence-corrected chi connectivity index (χ1v) is 8.36. The minimum Gasteiger partial charge on any atom is -0.380 e. The second-order valence-corrected chi connectivity index (χ2v) is 6.60. The Hall–Kier alpha value is -0.900. The van der Waals surface area contributed by atoms with E-state index in [-0.39, 0.29) is 0 Å². The highest BCUT2D eigenvalue weighted by molar-refractivity contribution is 5.22. The van der Waals surface area contributed by atoms with Crippen LogP contribution in [0.1, 0.15) is 36.8 Å². The summed E-state index contributed by atoms with van der Waals surface area (Å²) in [4.78, 5) is 2.72. The lowest BCUT2D eigenvalue weighted by Gasteiger charge is -2.30. The van der Waals surface area contributed by atoms with Gasteiger partial charge in [-0.05, 0) is 55.8 Å². The molecule has 0 unspecified atom stereocenters. The van der Waals surface area contributed by atoms with Gasteiger partial charge in [0.15, 0.2) is 0 Å². The lowest BCUT2D eigenvalue weighted by Crippen LogP contribution is -2.37. The number of ether oxygens (including phenoxy) is 1. The molecular weight excluding hydrogens is 260 g/mol. The molecule has 2 fully saturated rings. The predicted molar refractivity (Wildman–Crippen MR) is 86.2 cm³/mol. The van der Waals surface area contributed by atoms with E-state index in [9.17, 15) is 0 Å². The molecule has 3 heteroatoms. The smallest absolute Gasteiger partial charge is 0.0713 e. The van der Waals surface area contributed by atoms with E-state index in [1.54, 1.807) is 7.11 Å². The van der Waals surface area contributed by atoms with Crippen LogP contribution >= 0.6 is 0 Å². The third kappa shape index (κ3) is 4.53. The van der Waals surface area contributed by atoms with E-state index in [4.69, 9.17) is 4.74 Å². The molecule has 1 saturated carbocycles. The summed E-state index contributed by atoms with van der Waals surface area (Å²) in [5.74, 6) is 0.889. The van der Waals surface area contributed by atoms with Crippen molar-refractivity contribution in [1.29, 1.82) is 0 Å². The standard InChI is InChI=1S/C18H28N2O/c1-21-14-17-4-2-15(3-5-17)12-20(18-6-7-18)13-16-8-10-19-11-9-16/h2-5,16,18-19H,6-14H2,1H3. The van der Waals surface area contributed by atoms with Gasteiger partial charge in [-0.25, -0.2) is 0 Å². The van der Waals surface area contributed by atoms with E-state index in [1.165, 1.54) is 56.4 Å². The maximum atomic E-state index is 5.18. The summed E-state index contributed by atoms with van der Waals surface area (Å²) < 4.78 is 5.18. The van der Waals surface area contributed by atoms with Crippen LogP contribution in [0.25, 0.3) is 0 Å². The van der Waals surface area contributed by atoms with Crippen LogP contribution in [0.4, 0.5) is 0 Å². The van der Waals surface area contributed by atoms with Crippen molar-refractivity contribution in [2.24, 2.45) is 5.92 Å². The zero-order chi connectivity index (χ0) is 14.5. The zero-order valence-corrected chi connectivity index (χ0v) is 13.2. The Balaban J connectivity index is 1.56. The Morgan fingerprint density at radius 3 is 2.33 bits per heavy atom. The number of hydrogen-bond donors (Lipinski definition) is 1. The number of methoxy groups -OCH3 is 1. The first kappa shape index (κ1) is 15.0. The van der Waals surface area contributed by atoms with Crippen molar-refractivity contribution in [2.45, 2.75) is 44.9 Å². The highest BCUT2D eigenvalue weighted by Gasteiger charge is 2.30. The Kier molecular flexibility index (Phi) is 5.28. The van der Waals surface area contributed by atoms with Crippen LogP contribution in [0.15, 0.2) is 24.3 Å². The van der Waals surface area contributed by atoms with Gasteiger partial charge in [-0.15, -0.1) is 0 Å². The van der Waals surface area contributed by atoms with E-state index in [1.807, 2.05) is 0 Å². The molecule has 0 amide bonds. The molecular formula is C18H28N2O. The number of piperidine rings is 1. The molecule has 1 heterocycles. The van der Waals surface area contributed by atoms with Crippen molar-refractivity contribution in [3.8, 4) is 0 Å². The molecule has 116 valence electrons. The molecule has 0 radical (unpaired) electrons. The number of nitrogens with one attached hydrogen (secondary N) is 1. The van der Waals surface area contributed by atoms with Gasteiger partial charge in [0.1, 0.15) is 0 Å². The summed E-state index contributed by atoms with van der Waals surface area (Å²) in [6.07, 6.45) is 5.48. The van der Waals surface area contributed by atoms with Crippen molar-refractivity contribution in [1.82, 2.24) is 10.2 Å². The van der Waals surface area contributed by atoms with E-state index in [0.29, 0.717) is 6.61 Å². The van der Waals surface area contributed by atoms with Crippen LogP contribution in [0, 0.1) is 5.92 Å². The van der Waals surface area contributed by atoms with E-state index in [0.717, 1.165) is 18.5 Å². The molecule has 0 bridgehead atoms. The van der Waals surface area contributed by atoms with Gasteiger partial charge < -0.3 is 10.1 Å². The monoisotopic (exact) mass is 288 g/mol. The predicted octanol–water partition coefficient (Wildman–Crippen LogP) is 2.80. The third-order valence-electron chi connectivity index (χ3n) is 4.73. The van der Waals surface area contributed by atoms with Crippen LogP contribution in [0.5, 0.6) is 0 Å². The quantitative estimate of drug-likeness (QED) is 0.835. The lowest BCUT2D eigenvalue weighted by molar-refractivity contribution is 0.184. The fourth-order valence-corrected chi connectivity index (χ4v) is 3.32. The summed E-state index contributed by atoms with van der Waals surface area (Å²) in [5.41, 5.74) is 2.70. The van der Waals surface area contributed by atoms with Gasteiger partial charge in [-0.1, -0.05) is 24.3 Å². The van der Waals surface area contributed by atoms with E-state index in [2.05, 4.69) is 34.5 Å². The summed E-state index contributed by atoms with van der Waals surface area (Å²) >= 11 is 0. The van der Waals surface area contributed by atoms with Gasteiger partial charge in [0.25, 0.3) is 0 Å². The van der Waals surface area contributed by atoms with Gasteiger partial charge >= 0.3 is 0 Å². The fraction of sp³-hybridized carbons (Fsp3) is 0.667. The second-order valence-electron chi connectivity index (χ2n) is 6.60. The van der Waals surface area contributed by atoms with Crippen molar-refractivity contribution in [3.63, 3.8) is 0 Å². The van der Waals surface area contributed by atoms with Gasteiger partial charge in [-0.3, -0.25) is 4.90 Å². The van der Waals surface area contributed by atoms with Crippen LogP contribution in [-0.2, 0) is 17.9 Å². The molecule has 3 rings (SSSR count). The topological polar surface area (TPSA) is 24.5 Å². The third-order valence-corrected chi connectivity index (χ3v) is 4.73. The van der Waals surface area contributed by atoms with Crippen LogP contribution in [0.3, 0.4) is 0 Å². The van der Waals surface area contributed by atoms with Gasteiger partial charge in [-0.2, -0.15) is 0 Å². The minimum absolute atomic E-state index is 0.710. The molecule has 2 aliphatic rings. The first-order valence-electron chi connectivity index (χ1n) is 8.36. The average Bonchev–Trinajstić information content (AvgIpc) is 3.35. The fourth-order valence-electron chi connectivity index (χ4n) is 3.32. The van der Waals surface area contributed by atoms with Crippen molar-refractivity contribution >= 4 is 0 Å². The maximum Gasteiger partial charge on any atom is 0.0713 e. The van der Waals surface area contributed by atoms with E-state index >= 15 is 0 Å². The molecule has 3 nitrogen and oxygen atoms in total. The molecule has 1 aromatic carbocycles. The molecule has 0 spiro atoms. The highest BCUT2D eigenvalue weighted by atomic mass is 16.5. The van der Waals surface area contributed by atoms with Gasteiger partial charge in [0.2, 0.25) is 0 Å². The number of benzene rings is 1. The Morgan fingerprint density at radius 1 is 1.05 bits per heavy atom. The zero-order valence-electron chi connectivity index (χ0n) is 13.2. The summed E-state index contributed by atoms with van der Waals surface area (Å²) in [6, 6.07) is 9.79. The van der Waals surface area contributed by atoms with Crippen molar-refractivity contribution < 1.29 is 4.74 Å². The van der Waals surface area contributed by atoms with Crippen LogP contribution in [-0.4, -0.2) is 37.7 Å². The van der Waals surface area contributed by atoms with Crippen LogP contribution < -0.4 is 5.32 Å². The molecule has 1 saturated heterocycles. The van der Waals surface area contributed by atoms with Gasteiger partial charge in [0, 0.05) is 26.2 Å². The SMILES string of the molecule is COCc1ccc(CN(CC2CCNCC2)C2CC2)cc1. The first-order chi connectivity index (χ1) is 10.3. The number of nitrogens with zero attached hydrogens (tertiary/aromatic N) is 1. The Morgan fingerprint density at radius 2 is 1.71 bits per heavy atom. The summed E-state index contributed by atoms with van der Waals surface area (Å²) in [6.45, 7) is 5.51. The molecule has 1 aliphatic carbocycles. The summed E-state index contributed by atoms with van der Waals surface area (Å²) in [5, 5.41) is 3.47. The molecule has 0 atom stereocenters. The number of rotatable bonds is 7. The van der Waals surface area contributed by atoms with Gasteiger partial charge in [0.05, 0.1) is 6.61 Å². The van der Waals surface area contributed by atoms with Crippen molar-refractivity contribution in [2.75, 3.05) is 26.7 Å². The normalized spacial score (nSPS) is 20.1. The molecule has 0 aromatic heterocycles. The highest BCUT2D eigenvalue weighted by Crippen LogP contribution is 2.30. The Bertz CT molecular complexity index is 421. The molecule has 21 heavy (non-hydrogen) atoms. The second kappa shape index (κ2) is 7.39. The van der Waals surface area contributed by atoms with Crippen LogP contribution in [0.2, 0.25) is 0 Å². The van der Waals surface area contributed by atoms with E-state index < -0.39 is 0 Å². The molecule has 1 aliphatic heterocycles. The summed E-state index contributed by atoms with van der Waals surface area (Å²) in [7, 11) is 1.75. The Labute approximate surface area is 128 Å². The van der Waals surface area contributed by atoms with Crippen molar-refractivity contribution in [3.05, 3.63) is 35.4 Å². The number of hydrogen-bond acceptors (Lipinski definition) is 3.